The molecule has 0 radical (unpaired) electrons. The summed E-state index contributed by atoms with van der Waals surface area (Å²) in [5, 5.41) is 8.15. The molecule has 2 nitrogen and oxygen atoms in total. The van der Waals surface area contributed by atoms with Crippen molar-refractivity contribution in [3.63, 3.8) is 0 Å². The first kappa shape index (κ1) is 10.3. The molecule has 1 fully saturated rings. The third-order valence-corrected chi connectivity index (χ3v) is 1.77. The monoisotopic (exact) mass is 155 g/mol. The second-order valence-corrected chi connectivity index (χ2v) is 2.47. The molecule has 0 heterocycles. The molecule has 2 heteroatoms. The minimum absolute atomic E-state index is 0.240. The summed E-state index contributed by atoms with van der Waals surface area (Å²) in [6.07, 6.45) is 7.90. The number of rotatable bonds is 1. The third kappa shape index (κ3) is 4.66. The van der Waals surface area contributed by atoms with Crippen LogP contribution in [0.5, 0.6) is 0 Å². The molecule has 0 amide bonds. The molecule has 1 saturated carbocycles. The molecular formula is C9H17NO. The van der Waals surface area contributed by atoms with Gasteiger partial charge >= 0.3 is 0 Å². The van der Waals surface area contributed by atoms with Crippen LogP contribution in [0.25, 0.3) is 0 Å². The maximum Gasteiger partial charge on any atom is 0.286 e. The van der Waals surface area contributed by atoms with Gasteiger partial charge in [0.2, 0.25) is 0 Å². The largest absolute Gasteiger partial charge is 0.424 e. The van der Waals surface area contributed by atoms with E-state index in [9.17, 15) is 0 Å². The molecule has 64 valence electrons. The molecule has 1 rings (SSSR count). The summed E-state index contributed by atoms with van der Waals surface area (Å²) >= 11 is 0. The molecule has 0 aliphatic heterocycles. The van der Waals surface area contributed by atoms with Gasteiger partial charge in [-0.25, -0.2) is 0 Å². The van der Waals surface area contributed by atoms with E-state index in [1.807, 2.05) is 13.8 Å². The van der Waals surface area contributed by atoms with E-state index in [-0.39, 0.29) is 6.10 Å². The fraction of sp³-hybridized carbons (Fsp3) is 0.889. The maximum absolute atomic E-state index is 8.15. The van der Waals surface area contributed by atoms with Crippen LogP contribution in [0, 0.1) is 11.5 Å². The Morgan fingerprint density at radius 2 is 1.73 bits per heavy atom. The summed E-state index contributed by atoms with van der Waals surface area (Å²) in [7, 11) is 0. The van der Waals surface area contributed by atoms with Crippen molar-refractivity contribution in [1.82, 2.24) is 0 Å². The molecule has 0 spiro atoms. The van der Waals surface area contributed by atoms with E-state index in [2.05, 4.69) is 0 Å². The van der Waals surface area contributed by atoms with E-state index in [0.717, 1.165) is 12.8 Å². The van der Waals surface area contributed by atoms with Gasteiger partial charge in [0.1, 0.15) is 6.10 Å². The zero-order valence-electron chi connectivity index (χ0n) is 7.47. The van der Waals surface area contributed by atoms with Crippen molar-refractivity contribution in [2.45, 2.75) is 52.1 Å². The number of nitrogens with zero attached hydrogens (tertiary/aromatic N) is 1. The number of nitriles is 1. The third-order valence-electron chi connectivity index (χ3n) is 1.77. The van der Waals surface area contributed by atoms with Gasteiger partial charge in [0, 0.05) is 0 Å². The predicted molar refractivity (Wildman–Crippen MR) is 44.9 cm³/mol. The van der Waals surface area contributed by atoms with Gasteiger partial charge in [-0.3, -0.25) is 0 Å². The highest BCUT2D eigenvalue weighted by Crippen LogP contribution is 2.19. The van der Waals surface area contributed by atoms with Crippen molar-refractivity contribution in [3.05, 3.63) is 0 Å². The Labute approximate surface area is 69.2 Å². The Hall–Kier alpha value is -0.710. The number of hydrogen-bond acceptors (Lipinski definition) is 2. The summed E-state index contributed by atoms with van der Waals surface area (Å²) in [5.74, 6) is 0. The van der Waals surface area contributed by atoms with E-state index in [0.29, 0.717) is 0 Å². The van der Waals surface area contributed by atoms with Crippen LogP contribution in [-0.2, 0) is 4.74 Å². The molecule has 0 N–H and O–H groups in total. The topological polar surface area (TPSA) is 33.0 Å². The Kier molecular flexibility index (Phi) is 6.92. The Morgan fingerprint density at radius 3 is 2.18 bits per heavy atom. The minimum atomic E-state index is 0.240. The van der Waals surface area contributed by atoms with E-state index in [1.54, 1.807) is 6.26 Å². The normalized spacial score (nSPS) is 17.5. The van der Waals surface area contributed by atoms with Crippen LogP contribution >= 0.6 is 0 Å². The van der Waals surface area contributed by atoms with Crippen molar-refractivity contribution in [2.24, 2.45) is 0 Å². The van der Waals surface area contributed by atoms with Crippen molar-refractivity contribution in [1.29, 1.82) is 5.26 Å². The highest BCUT2D eigenvalue weighted by molar-refractivity contribution is 4.68. The molecule has 1 aliphatic rings. The molecule has 0 atom stereocenters. The van der Waals surface area contributed by atoms with Gasteiger partial charge in [-0.15, -0.1) is 0 Å². The van der Waals surface area contributed by atoms with E-state index in [4.69, 9.17) is 10.00 Å². The van der Waals surface area contributed by atoms with Crippen LogP contribution in [0.4, 0.5) is 0 Å². The Bertz CT molecular complexity index is 111. The number of hydrogen-bond donors (Lipinski definition) is 0. The standard InChI is InChI=1S/C7H11NO.C2H6/c8-6-9-7-4-2-1-3-5-7;1-2/h7H,1-5H2;1-2H3. The first-order valence-electron chi connectivity index (χ1n) is 4.48. The minimum Gasteiger partial charge on any atom is -0.424 e. The molecule has 1 aliphatic carbocycles. The van der Waals surface area contributed by atoms with Gasteiger partial charge in [0.05, 0.1) is 0 Å². The van der Waals surface area contributed by atoms with Crippen molar-refractivity contribution < 1.29 is 4.74 Å². The molecule has 0 aromatic carbocycles. The van der Waals surface area contributed by atoms with Gasteiger partial charge in [0.15, 0.2) is 0 Å². The SMILES string of the molecule is CC.N#COC1CCCCC1. The van der Waals surface area contributed by atoms with Crippen molar-refractivity contribution >= 4 is 0 Å². The van der Waals surface area contributed by atoms with Gasteiger partial charge in [-0.1, -0.05) is 20.3 Å². The quantitative estimate of drug-likeness (QED) is 0.545. The van der Waals surface area contributed by atoms with Crippen molar-refractivity contribution in [3.8, 4) is 6.26 Å². The molecule has 11 heavy (non-hydrogen) atoms. The lowest BCUT2D eigenvalue weighted by Gasteiger charge is -2.17. The van der Waals surface area contributed by atoms with Crippen molar-refractivity contribution in [2.75, 3.05) is 0 Å². The highest BCUT2D eigenvalue weighted by Gasteiger charge is 2.13. The average Bonchev–Trinajstić information content (AvgIpc) is 2.11. The van der Waals surface area contributed by atoms with Crippen LogP contribution in [-0.4, -0.2) is 6.10 Å². The smallest absolute Gasteiger partial charge is 0.286 e. The van der Waals surface area contributed by atoms with Gasteiger partial charge in [0.25, 0.3) is 6.26 Å². The zero-order chi connectivity index (χ0) is 8.53. The van der Waals surface area contributed by atoms with Crippen LogP contribution < -0.4 is 0 Å². The summed E-state index contributed by atoms with van der Waals surface area (Å²) < 4.78 is 4.79. The van der Waals surface area contributed by atoms with Gasteiger partial charge in [-0.2, -0.15) is 5.26 Å². The molecule has 0 saturated heterocycles. The summed E-state index contributed by atoms with van der Waals surface area (Å²) in [5.41, 5.74) is 0. The van der Waals surface area contributed by atoms with Gasteiger partial charge in [-0.05, 0) is 25.7 Å². The number of ether oxygens (including phenoxy) is 1. The first-order chi connectivity index (χ1) is 5.43. The second-order valence-electron chi connectivity index (χ2n) is 2.47. The van der Waals surface area contributed by atoms with E-state index in [1.165, 1.54) is 19.3 Å². The molecule has 0 unspecified atom stereocenters. The van der Waals surface area contributed by atoms with Crippen LogP contribution in [0.15, 0.2) is 0 Å². The summed E-state index contributed by atoms with van der Waals surface area (Å²) in [6.45, 7) is 4.00. The lowest BCUT2D eigenvalue weighted by molar-refractivity contribution is 0.120. The molecular weight excluding hydrogens is 138 g/mol. The fourth-order valence-corrected chi connectivity index (χ4v) is 1.26. The maximum atomic E-state index is 8.15. The second kappa shape index (κ2) is 7.40. The zero-order valence-corrected chi connectivity index (χ0v) is 7.47. The summed E-state index contributed by atoms with van der Waals surface area (Å²) in [4.78, 5) is 0. The lowest BCUT2D eigenvalue weighted by atomic mass is 9.98. The Balaban J connectivity index is 0.000000461. The van der Waals surface area contributed by atoms with Gasteiger partial charge < -0.3 is 4.74 Å². The average molecular weight is 155 g/mol. The predicted octanol–water partition coefficient (Wildman–Crippen LogP) is 2.84. The summed E-state index contributed by atoms with van der Waals surface area (Å²) in [6, 6.07) is 0. The lowest BCUT2D eigenvalue weighted by Crippen LogP contribution is -2.13. The molecule has 0 aromatic heterocycles. The fourth-order valence-electron chi connectivity index (χ4n) is 1.26. The van der Waals surface area contributed by atoms with E-state index < -0.39 is 0 Å². The van der Waals surface area contributed by atoms with Crippen LogP contribution in [0.2, 0.25) is 0 Å². The van der Waals surface area contributed by atoms with Crippen LogP contribution in [0.1, 0.15) is 46.0 Å². The molecule has 0 aromatic rings. The van der Waals surface area contributed by atoms with E-state index >= 15 is 0 Å². The first-order valence-corrected chi connectivity index (χ1v) is 4.48. The van der Waals surface area contributed by atoms with Crippen LogP contribution in [0.3, 0.4) is 0 Å². The molecule has 0 bridgehead atoms. The Morgan fingerprint density at radius 1 is 1.18 bits per heavy atom. The highest BCUT2D eigenvalue weighted by atomic mass is 16.5.